The fourth-order valence-electron chi connectivity index (χ4n) is 2.23. The second-order valence-corrected chi connectivity index (χ2v) is 4.49. The Morgan fingerprint density at radius 1 is 1.40 bits per heavy atom. The van der Waals surface area contributed by atoms with Crippen LogP contribution in [0.25, 0.3) is 0 Å². The summed E-state index contributed by atoms with van der Waals surface area (Å²) in [6.07, 6.45) is 0.678. The van der Waals surface area contributed by atoms with Crippen molar-refractivity contribution in [1.29, 1.82) is 0 Å². The topological polar surface area (TPSA) is 96.5 Å². The van der Waals surface area contributed by atoms with E-state index in [1.807, 2.05) is 0 Å². The Morgan fingerprint density at radius 3 is 2.85 bits per heavy atom. The van der Waals surface area contributed by atoms with Crippen LogP contribution < -0.4 is 4.90 Å². The predicted molar refractivity (Wildman–Crippen MR) is 67.8 cm³/mol. The molecule has 0 unspecified atom stereocenters. The zero-order valence-corrected chi connectivity index (χ0v) is 10.7. The highest BCUT2D eigenvalue weighted by molar-refractivity contribution is 6.05. The summed E-state index contributed by atoms with van der Waals surface area (Å²) in [5, 5.41) is 12.6. The Kier molecular flexibility index (Phi) is 2.74. The molecule has 1 amide bonds. The van der Waals surface area contributed by atoms with Crippen molar-refractivity contribution in [2.24, 2.45) is 0 Å². The summed E-state index contributed by atoms with van der Waals surface area (Å²) in [7, 11) is 0. The third-order valence-corrected chi connectivity index (χ3v) is 3.19. The molecule has 1 aliphatic rings. The lowest BCUT2D eigenvalue weighted by Gasteiger charge is -2.15. The van der Waals surface area contributed by atoms with Gasteiger partial charge in [0.15, 0.2) is 0 Å². The van der Waals surface area contributed by atoms with E-state index in [9.17, 15) is 9.59 Å². The molecule has 0 saturated carbocycles. The Balaban J connectivity index is 1.97. The van der Waals surface area contributed by atoms with Gasteiger partial charge in [0.25, 0.3) is 11.7 Å². The van der Waals surface area contributed by atoms with E-state index in [-0.39, 0.29) is 17.3 Å². The van der Waals surface area contributed by atoms with Crippen molar-refractivity contribution < 1.29 is 19.2 Å². The van der Waals surface area contributed by atoms with Gasteiger partial charge in [-0.25, -0.2) is 4.79 Å². The number of amides is 1. The molecule has 2 heterocycles. The summed E-state index contributed by atoms with van der Waals surface area (Å²) < 4.78 is 4.79. The molecule has 0 radical (unpaired) electrons. The monoisotopic (exact) mass is 273 g/mol. The number of benzene rings is 1. The van der Waals surface area contributed by atoms with Crippen molar-refractivity contribution in [1.82, 2.24) is 10.1 Å². The van der Waals surface area contributed by atoms with Gasteiger partial charge in [0, 0.05) is 19.2 Å². The number of anilines is 1. The van der Waals surface area contributed by atoms with Crippen LogP contribution in [0.15, 0.2) is 22.7 Å². The number of fused-ring (bicyclic) bond motifs is 1. The highest BCUT2D eigenvalue weighted by Crippen LogP contribution is 2.30. The van der Waals surface area contributed by atoms with Crippen LogP contribution in [0.1, 0.15) is 32.4 Å². The average molecular weight is 273 g/mol. The van der Waals surface area contributed by atoms with E-state index in [1.165, 1.54) is 17.0 Å². The highest BCUT2D eigenvalue weighted by Gasteiger charge is 2.29. The zero-order valence-electron chi connectivity index (χ0n) is 10.7. The first-order valence-electron chi connectivity index (χ1n) is 6.04. The summed E-state index contributed by atoms with van der Waals surface area (Å²) in [5.41, 5.74) is 1.67. The van der Waals surface area contributed by atoms with Gasteiger partial charge in [0.1, 0.15) is 0 Å². The molecule has 7 heteroatoms. The molecule has 0 atom stereocenters. The standard InChI is InChI=1S/C13H11N3O4/c1-7-14-11(15-20-7)12(17)16-5-4-8-2-3-9(13(18)19)6-10(8)16/h2-3,6H,4-5H2,1H3,(H,18,19). The van der Waals surface area contributed by atoms with Crippen molar-refractivity contribution in [2.45, 2.75) is 13.3 Å². The largest absolute Gasteiger partial charge is 0.478 e. The zero-order chi connectivity index (χ0) is 14.3. The molecule has 1 aromatic carbocycles. The molecule has 0 aliphatic carbocycles. The molecule has 0 bridgehead atoms. The molecule has 1 aliphatic heterocycles. The number of carboxylic acid groups (broad SMARTS) is 1. The molecule has 102 valence electrons. The van der Waals surface area contributed by atoms with E-state index in [0.29, 0.717) is 24.5 Å². The molecule has 1 N–H and O–H groups in total. The van der Waals surface area contributed by atoms with Crippen molar-refractivity contribution in [3.63, 3.8) is 0 Å². The summed E-state index contributed by atoms with van der Waals surface area (Å²) in [5.74, 6) is -1.12. The second kappa shape index (κ2) is 4.44. The maximum atomic E-state index is 12.3. The van der Waals surface area contributed by atoms with Crippen molar-refractivity contribution >= 4 is 17.6 Å². The Labute approximate surface area is 113 Å². The lowest BCUT2D eigenvalue weighted by molar-refractivity contribution is 0.0696. The van der Waals surface area contributed by atoms with E-state index in [1.54, 1.807) is 13.0 Å². The number of hydrogen-bond donors (Lipinski definition) is 1. The molecule has 0 saturated heterocycles. The molecule has 3 rings (SSSR count). The third kappa shape index (κ3) is 1.93. The van der Waals surface area contributed by atoms with Gasteiger partial charge in [-0.3, -0.25) is 4.79 Å². The van der Waals surface area contributed by atoms with Crippen LogP contribution in [0.4, 0.5) is 5.69 Å². The summed E-state index contributed by atoms with van der Waals surface area (Å²) >= 11 is 0. The first-order chi connectivity index (χ1) is 9.56. The minimum Gasteiger partial charge on any atom is -0.478 e. The van der Waals surface area contributed by atoms with E-state index in [0.717, 1.165) is 5.56 Å². The molecular weight excluding hydrogens is 262 g/mol. The lowest BCUT2D eigenvalue weighted by atomic mass is 10.1. The maximum absolute atomic E-state index is 12.3. The smallest absolute Gasteiger partial charge is 0.335 e. The number of nitrogens with zero attached hydrogens (tertiary/aromatic N) is 3. The van der Waals surface area contributed by atoms with Crippen LogP contribution >= 0.6 is 0 Å². The second-order valence-electron chi connectivity index (χ2n) is 4.49. The number of aryl methyl sites for hydroxylation is 1. The fourth-order valence-corrected chi connectivity index (χ4v) is 2.23. The number of rotatable bonds is 2. The van der Waals surface area contributed by atoms with Gasteiger partial charge >= 0.3 is 5.97 Å². The highest BCUT2D eigenvalue weighted by atomic mass is 16.5. The van der Waals surface area contributed by atoms with Crippen molar-refractivity contribution in [2.75, 3.05) is 11.4 Å². The normalized spacial score (nSPS) is 13.3. The Bertz CT molecular complexity index is 707. The van der Waals surface area contributed by atoms with Crippen molar-refractivity contribution in [3.8, 4) is 0 Å². The fraction of sp³-hybridized carbons (Fsp3) is 0.231. The van der Waals surface area contributed by atoms with Gasteiger partial charge in [-0.1, -0.05) is 11.2 Å². The van der Waals surface area contributed by atoms with Gasteiger partial charge in [0.05, 0.1) is 5.56 Å². The van der Waals surface area contributed by atoms with Crippen LogP contribution in [0.2, 0.25) is 0 Å². The third-order valence-electron chi connectivity index (χ3n) is 3.19. The summed E-state index contributed by atoms with van der Waals surface area (Å²) in [4.78, 5) is 28.7. The SMILES string of the molecule is Cc1nc(C(=O)N2CCc3ccc(C(=O)O)cc32)no1. The van der Waals surface area contributed by atoms with Gasteiger partial charge in [-0.15, -0.1) is 0 Å². The van der Waals surface area contributed by atoms with Gasteiger partial charge in [-0.05, 0) is 24.1 Å². The quantitative estimate of drug-likeness (QED) is 0.885. The number of carbonyl (C=O) groups excluding carboxylic acids is 1. The molecule has 2 aromatic rings. The number of hydrogen-bond acceptors (Lipinski definition) is 5. The molecule has 0 spiro atoms. The van der Waals surface area contributed by atoms with Crippen LogP contribution in [0, 0.1) is 6.92 Å². The summed E-state index contributed by atoms with van der Waals surface area (Å²) in [6.45, 7) is 2.08. The maximum Gasteiger partial charge on any atom is 0.335 e. The average Bonchev–Trinajstić information content (AvgIpc) is 3.03. The molecule has 0 fully saturated rings. The first-order valence-corrected chi connectivity index (χ1v) is 6.04. The molecule has 1 aromatic heterocycles. The van der Waals surface area contributed by atoms with Crippen LogP contribution in [0.3, 0.4) is 0 Å². The van der Waals surface area contributed by atoms with Crippen molar-refractivity contribution in [3.05, 3.63) is 41.0 Å². The number of aromatic carboxylic acids is 1. The van der Waals surface area contributed by atoms with Gasteiger partial charge < -0.3 is 14.5 Å². The predicted octanol–water partition coefficient (Wildman–Crippen LogP) is 1.28. The summed E-state index contributed by atoms with van der Waals surface area (Å²) in [6, 6.07) is 4.76. The number of aromatic nitrogens is 2. The van der Waals surface area contributed by atoms with Crippen LogP contribution in [-0.4, -0.2) is 33.7 Å². The van der Waals surface area contributed by atoms with Crippen LogP contribution in [0.5, 0.6) is 0 Å². The van der Waals surface area contributed by atoms with E-state index >= 15 is 0 Å². The first kappa shape index (κ1) is 12.3. The number of carbonyl (C=O) groups is 2. The number of carboxylic acids is 1. The minimum absolute atomic E-state index is 0.0175. The van der Waals surface area contributed by atoms with E-state index < -0.39 is 5.97 Å². The minimum atomic E-state index is -1.03. The van der Waals surface area contributed by atoms with E-state index in [4.69, 9.17) is 9.63 Å². The van der Waals surface area contributed by atoms with E-state index in [2.05, 4.69) is 10.1 Å². The van der Waals surface area contributed by atoms with Gasteiger partial charge in [-0.2, -0.15) is 4.98 Å². The molecular formula is C13H11N3O4. The lowest BCUT2D eigenvalue weighted by Crippen LogP contribution is -2.30. The van der Waals surface area contributed by atoms with Gasteiger partial charge in [0.2, 0.25) is 5.89 Å². The molecule has 7 nitrogen and oxygen atoms in total. The Hall–Kier alpha value is -2.70. The van der Waals surface area contributed by atoms with Crippen LogP contribution in [-0.2, 0) is 6.42 Å². The Morgan fingerprint density at radius 2 is 2.20 bits per heavy atom. The molecule has 20 heavy (non-hydrogen) atoms.